The molecule has 28 heavy (non-hydrogen) atoms. The van der Waals surface area contributed by atoms with Gasteiger partial charge in [0.05, 0.1) is 31.0 Å². The van der Waals surface area contributed by atoms with Crippen LogP contribution in [0.25, 0.3) is 0 Å². The Morgan fingerprint density at radius 1 is 1.25 bits per heavy atom. The van der Waals surface area contributed by atoms with Crippen LogP contribution in [0.3, 0.4) is 0 Å². The van der Waals surface area contributed by atoms with Crippen molar-refractivity contribution < 1.29 is 23.8 Å². The molecule has 148 valence electrons. The number of aliphatic hydroxyl groups is 1. The third kappa shape index (κ3) is 3.67. The molecule has 6 nitrogen and oxygen atoms in total. The number of carbonyl (C=O) groups is 2. The lowest BCUT2D eigenvalue weighted by Crippen LogP contribution is -2.32. The number of rotatable bonds is 6. The first kappa shape index (κ1) is 19.7. The van der Waals surface area contributed by atoms with Gasteiger partial charge in [-0.2, -0.15) is 0 Å². The molecule has 0 saturated carbocycles. The van der Waals surface area contributed by atoms with Crippen LogP contribution in [0, 0.1) is 5.41 Å². The van der Waals surface area contributed by atoms with Crippen molar-refractivity contribution in [3.8, 4) is 5.75 Å². The van der Waals surface area contributed by atoms with E-state index < -0.39 is 23.1 Å². The van der Waals surface area contributed by atoms with Gasteiger partial charge < -0.3 is 19.2 Å². The third-order valence-electron chi connectivity index (χ3n) is 4.62. The van der Waals surface area contributed by atoms with Crippen LogP contribution in [0.4, 0.5) is 0 Å². The van der Waals surface area contributed by atoms with Crippen LogP contribution >= 0.6 is 0 Å². The fourth-order valence-electron chi connectivity index (χ4n) is 3.31. The van der Waals surface area contributed by atoms with E-state index in [9.17, 15) is 14.7 Å². The third-order valence-corrected chi connectivity index (χ3v) is 4.62. The van der Waals surface area contributed by atoms with Crippen LogP contribution in [-0.4, -0.2) is 28.3 Å². The zero-order chi connectivity index (χ0) is 20.5. The van der Waals surface area contributed by atoms with Gasteiger partial charge in [0, 0.05) is 5.41 Å². The lowest BCUT2D eigenvalue weighted by molar-refractivity contribution is -0.130. The largest absolute Gasteiger partial charge is 0.503 e. The quantitative estimate of drug-likeness (QED) is 0.809. The second-order valence-corrected chi connectivity index (χ2v) is 7.76. The molecule has 1 amide bonds. The summed E-state index contributed by atoms with van der Waals surface area (Å²) in [6, 6.07) is 10.0. The molecule has 3 rings (SSSR count). The fraction of sp³-hybridized carbons (Fsp3) is 0.364. The summed E-state index contributed by atoms with van der Waals surface area (Å²) in [4.78, 5) is 27.4. The molecule has 0 spiro atoms. The monoisotopic (exact) mass is 383 g/mol. The molecule has 1 aliphatic rings. The molecule has 1 atom stereocenters. The van der Waals surface area contributed by atoms with Crippen molar-refractivity contribution in [2.24, 2.45) is 5.41 Å². The Labute approximate surface area is 164 Å². The van der Waals surface area contributed by atoms with Gasteiger partial charge in [-0.25, -0.2) is 0 Å². The van der Waals surface area contributed by atoms with Crippen LogP contribution in [-0.2, 0) is 16.1 Å². The molecule has 1 aromatic heterocycles. The van der Waals surface area contributed by atoms with Crippen molar-refractivity contribution in [1.82, 2.24) is 4.90 Å². The summed E-state index contributed by atoms with van der Waals surface area (Å²) in [6.45, 7) is 7.82. The SMILES string of the molecule is CCOc1cccc(C2C(C(=O)C(C)(C)C)=C(O)C(=O)N2Cc2ccco2)c1. The summed E-state index contributed by atoms with van der Waals surface area (Å²) in [5.41, 5.74) is 0.0558. The number of benzene rings is 1. The standard InChI is InChI=1S/C22H25NO5/c1-5-27-15-9-6-8-14(12-15)18-17(20(25)22(2,3)4)19(24)21(26)23(18)13-16-10-7-11-28-16/h6-12,18,24H,5,13H2,1-4H3. The first-order valence-corrected chi connectivity index (χ1v) is 9.28. The Hall–Kier alpha value is -3.02. The normalized spacial score (nSPS) is 17.4. The van der Waals surface area contributed by atoms with Crippen molar-refractivity contribution in [2.45, 2.75) is 40.3 Å². The minimum Gasteiger partial charge on any atom is -0.503 e. The van der Waals surface area contributed by atoms with Gasteiger partial charge in [-0.15, -0.1) is 0 Å². The van der Waals surface area contributed by atoms with E-state index in [2.05, 4.69) is 0 Å². The topological polar surface area (TPSA) is 80.0 Å². The van der Waals surface area contributed by atoms with E-state index in [-0.39, 0.29) is 17.9 Å². The van der Waals surface area contributed by atoms with Crippen molar-refractivity contribution in [2.75, 3.05) is 6.61 Å². The van der Waals surface area contributed by atoms with Crippen molar-refractivity contribution in [3.05, 3.63) is 65.3 Å². The molecule has 6 heteroatoms. The highest BCUT2D eigenvalue weighted by Crippen LogP contribution is 2.42. The van der Waals surface area contributed by atoms with Crippen LogP contribution in [0.5, 0.6) is 5.75 Å². The Morgan fingerprint density at radius 2 is 2.00 bits per heavy atom. The highest BCUT2D eigenvalue weighted by molar-refractivity contribution is 6.10. The van der Waals surface area contributed by atoms with Gasteiger partial charge >= 0.3 is 0 Å². The molecular formula is C22H25NO5. The lowest BCUT2D eigenvalue weighted by Gasteiger charge is -2.28. The first-order chi connectivity index (χ1) is 13.2. The van der Waals surface area contributed by atoms with E-state index in [0.717, 1.165) is 0 Å². The highest BCUT2D eigenvalue weighted by atomic mass is 16.5. The summed E-state index contributed by atoms with van der Waals surface area (Å²) < 4.78 is 11.0. The number of ketones is 1. The molecule has 1 aliphatic heterocycles. The number of nitrogens with zero attached hydrogens (tertiary/aromatic N) is 1. The van der Waals surface area contributed by atoms with Gasteiger partial charge in [0.1, 0.15) is 11.5 Å². The second-order valence-electron chi connectivity index (χ2n) is 7.76. The number of aliphatic hydroxyl groups excluding tert-OH is 1. The van der Waals surface area contributed by atoms with Crippen LogP contribution in [0.2, 0.25) is 0 Å². The minimum atomic E-state index is -0.750. The predicted octanol–water partition coefficient (Wildman–Crippen LogP) is 4.19. The maximum Gasteiger partial charge on any atom is 0.290 e. The zero-order valence-electron chi connectivity index (χ0n) is 16.6. The maximum absolute atomic E-state index is 13.1. The van der Waals surface area contributed by atoms with E-state index in [1.165, 1.54) is 11.2 Å². The molecule has 1 unspecified atom stereocenters. The number of carbonyl (C=O) groups excluding carboxylic acids is 2. The average Bonchev–Trinajstić information content (AvgIpc) is 3.23. The number of hydrogen-bond acceptors (Lipinski definition) is 5. The molecular weight excluding hydrogens is 358 g/mol. The van der Waals surface area contributed by atoms with E-state index in [0.29, 0.717) is 23.7 Å². The summed E-state index contributed by atoms with van der Waals surface area (Å²) in [5.74, 6) is -0.155. The van der Waals surface area contributed by atoms with Crippen molar-refractivity contribution >= 4 is 11.7 Å². The van der Waals surface area contributed by atoms with Gasteiger partial charge in [-0.3, -0.25) is 9.59 Å². The Balaban J connectivity index is 2.10. The zero-order valence-corrected chi connectivity index (χ0v) is 16.6. The molecule has 2 aromatic rings. The molecule has 0 saturated heterocycles. The van der Waals surface area contributed by atoms with Gasteiger partial charge in [0.25, 0.3) is 5.91 Å². The summed E-state index contributed by atoms with van der Waals surface area (Å²) in [5, 5.41) is 10.6. The number of ether oxygens (including phenoxy) is 1. The van der Waals surface area contributed by atoms with Gasteiger partial charge in [0.2, 0.25) is 0 Å². The van der Waals surface area contributed by atoms with Gasteiger partial charge in [0.15, 0.2) is 11.5 Å². The average molecular weight is 383 g/mol. The molecule has 0 bridgehead atoms. The predicted molar refractivity (Wildman–Crippen MR) is 104 cm³/mol. The summed E-state index contributed by atoms with van der Waals surface area (Å²) >= 11 is 0. The summed E-state index contributed by atoms with van der Waals surface area (Å²) in [7, 11) is 0. The molecule has 0 aliphatic carbocycles. The second kappa shape index (κ2) is 7.54. The van der Waals surface area contributed by atoms with Gasteiger partial charge in [-0.1, -0.05) is 32.9 Å². The molecule has 0 fully saturated rings. The maximum atomic E-state index is 13.1. The number of furan rings is 1. The Kier molecular flexibility index (Phi) is 5.31. The molecule has 1 N–H and O–H groups in total. The van der Waals surface area contributed by atoms with E-state index in [1.54, 1.807) is 39.0 Å². The Bertz CT molecular complexity index is 905. The molecule has 0 radical (unpaired) electrons. The lowest BCUT2D eigenvalue weighted by atomic mass is 9.82. The van der Waals surface area contributed by atoms with E-state index >= 15 is 0 Å². The number of amides is 1. The van der Waals surface area contributed by atoms with Crippen LogP contribution in [0.15, 0.2) is 58.4 Å². The molecule has 1 aromatic carbocycles. The number of hydrogen-bond donors (Lipinski definition) is 1. The minimum absolute atomic E-state index is 0.109. The smallest absolute Gasteiger partial charge is 0.290 e. The van der Waals surface area contributed by atoms with Crippen molar-refractivity contribution in [3.63, 3.8) is 0 Å². The summed E-state index contributed by atoms with van der Waals surface area (Å²) in [6.07, 6.45) is 1.52. The van der Waals surface area contributed by atoms with E-state index in [4.69, 9.17) is 9.15 Å². The van der Waals surface area contributed by atoms with E-state index in [1.807, 2.05) is 25.1 Å². The first-order valence-electron chi connectivity index (χ1n) is 9.28. The number of Topliss-reactive ketones (excluding diaryl/α,β-unsaturated/α-hetero) is 1. The van der Waals surface area contributed by atoms with Crippen LogP contribution < -0.4 is 4.74 Å². The van der Waals surface area contributed by atoms with Gasteiger partial charge in [-0.05, 0) is 36.8 Å². The fourth-order valence-corrected chi connectivity index (χ4v) is 3.31. The van der Waals surface area contributed by atoms with Crippen LogP contribution in [0.1, 0.15) is 45.1 Å². The van der Waals surface area contributed by atoms with Crippen molar-refractivity contribution in [1.29, 1.82) is 0 Å². The highest BCUT2D eigenvalue weighted by Gasteiger charge is 2.46. The molecule has 2 heterocycles. The Morgan fingerprint density at radius 3 is 2.61 bits per heavy atom.